The molecule has 8 unspecified atom stereocenters. The molecule has 0 radical (unpaired) electrons. The summed E-state index contributed by atoms with van der Waals surface area (Å²) in [5.41, 5.74) is 12.3. The maximum atomic E-state index is 13.9. The van der Waals surface area contributed by atoms with E-state index in [9.17, 15) is 14.4 Å². The molecule has 10 rings (SSSR count). The van der Waals surface area contributed by atoms with Crippen molar-refractivity contribution in [1.82, 2.24) is 35.5 Å². The van der Waals surface area contributed by atoms with Crippen molar-refractivity contribution in [1.29, 1.82) is 0 Å². The maximum Gasteiger partial charge on any atom is 0.407 e. The maximum absolute atomic E-state index is 13.9. The molecule has 0 spiro atoms. The number of carbonyl (C=O) groups excluding carboxylic acids is 3. The number of hydrogen-bond donors (Lipinski definition) is 4. The second-order valence-corrected chi connectivity index (χ2v) is 25.3. The quantitative estimate of drug-likeness (QED) is 0.215. The number of nitrogens with two attached hydrogens (primary N) is 1. The Morgan fingerprint density at radius 1 is 0.615 bits per heavy atom. The minimum atomic E-state index is -0.537. The molecular formula is C53H84N8O4. The van der Waals surface area contributed by atoms with Crippen LogP contribution in [0.1, 0.15) is 233 Å². The summed E-state index contributed by atoms with van der Waals surface area (Å²) >= 11 is 0. The van der Waals surface area contributed by atoms with Crippen molar-refractivity contribution < 1.29 is 19.1 Å². The summed E-state index contributed by atoms with van der Waals surface area (Å²) in [6.45, 7) is 19.7. The van der Waals surface area contributed by atoms with Crippen LogP contribution in [-0.4, -0.2) is 67.2 Å². The first-order valence-electron chi connectivity index (χ1n) is 26.2. The summed E-state index contributed by atoms with van der Waals surface area (Å²) < 4.78 is 9.94. The van der Waals surface area contributed by atoms with Crippen LogP contribution in [0, 0.1) is 33.5 Å². The molecule has 12 heteroatoms. The SMILES string of the molecule is CC(C)(C)OC(=O)NC1CCc2c(c(C(=O)NC3C4(C)CCC(C4)C3(C)C)nn2C2CCCCC2)C1.CC12CCC(C1)C(C)(C)C2NC(=O)c1nn(C2CCCCC2)c2c1CC(N)CC2. The molecule has 65 heavy (non-hydrogen) atoms. The zero-order valence-corrected chi connectivity index (χ0v) is 41.7. The number of alkyl carbamates (subject to hydrolysis) is 1. The molecule has 360 valence electrons. The summed E-state index contributed by atoms with van der Waals surface area (Å²) in [5, 5.41) is 20.0. The number of rotatable bonds is 7. The molecule has 8 atom stereocenters. The van der Waals surface area contributed by atoms with E-state index in [0.29, 0.717) is 35.8 Å². The van der Waals surface area contributed by atoms with Gasteiger partial charge in [0.2, 0.25) is 0 Å². The molecule has 0 aromatic carbocycles. The molecule has 0 saturated heterocycles. The zero-order chi connectivity index (χ0) is 46.3. The molecule has 6 saturated carbocycles. The fourth-order valence-electron chi connectivity index (χ4n) is 15.3. The topological polar surface area (TPSA) is 158 Å². The van der Waals surface area contributed by atoms with E-state index < -0.39 is 11.7 Å². The lowest BCUT2D eigenvalue weighted by Crippen LogP contribution is -2.52. The second-order valence-electron chi connectivity index (χ2n) is 25.3. The third-order valence-electron chi connectivity index (χ3n) is 18.7. The highest BCUT2D eigenvalue weighted by Crippen LogP contribution is 2.63. The van der Waals surface area contributed by atoms with Gasteiger partial charge < -0.3 is 26.4 Å². The summed E-state index contributed by atoms with van der Waals surface area (Å²) in [6, 6.07) is 1.32. The summed E-state index contributed by atoms with van der Waals surface area (Å²) in [7, 11) is 0. The van der Waals surface area contributed by atoms with Crippen molar-refractivity contribution >= 4 is 17.9 Å². The van der Waals surface area contributed by atoms with Gasteiger partial charge in [-0.1, -0.05) is 80.1 Å². The van der Waals surface area contributed by atoms with Gasteiger partial charge in [0.1, 0.15) is 5.60 Å². The van der Waals surface area contributed by atoms with Gasteiger partial charge >= 0.3 is 6.09 Å². The van der Waals surface area contributed by atoms with Crippen molar-refractivity contribution in [3.05, 3.63) is 33.9 Å². The fraction of sp³-hybridized carbons (Fsp3) is 0.830. The minimum Gasteiger partial charge on any atom is -0.444 e. The molecule has 3 amide bonds. The molecule has 2 aromatic heterocycles. The molecule has 6 fully saturated rings. The Morgan fingerprint density at radius 3 is 1.49 bits per heavy atom. The average Bonchev–Trinajstić information content (AvgIpc) is 4.09. The predicted molar refractivity (Wildman–Crippen MR) is 255 cm³/mol. The molecule has 8 aliphatic rings. The molecular weight excluding hydrogens is 813 g/mol. The molecule has 2 heterocycles. The molecule has 2 aromatic rings. The number of nitrogens with one attached hydrogen (secondary N) is 3. The first-order chi connectivity index (χ1) is 30.7. The van der Waals surface area contributed by atoms with Gasteiger partial charge in [-0.2, -0.15) is 10.2 Å². The highest BCUT2D eigenvalue weighted by molar-refractivity contribution is 5.95. The number of amides is 3. The lowest BCUT2D eigenvalue weighted by Gasteiger charge is -2.43. The third kappa shape index (κ3) is 8.82. The van der Waals surface area contributed by atoms with Gasteiger partial charge in [0.25, 0.3) is 11.8 Å². The Bertz CT molecular complexity index is 2110. The van der Waals surface area contributed by atoms with Crippen LogP contribution in [0.3, 0.4) is 0 Å². The van der Waals surface area contributed by atoms with E-state index in [-0.39, 0.29) is 57.6 Å². The Labute approximate surface area is 389 Å². The third-order valence-corrected chi connectivity index (χ3v) is 18.7. The van der Waals surface area contributed by atoms with Crippen LogP contribution >= 0.6 is 0 Å². The highest BCUT2D eigenvalue weighted by Gasteiger charge is 2.61. The zero-order valence-electron chi connectivity index (χ0n) is 41.7. The van der Waals surface area contributed by atoms with Gasteiger partial charge in [-0.15, -0.1) is 0 Å². The lowest BCUT2D eigenvalue weighted by atomic mass is 9.68. The van der Waals surface area contributed by atoms with Crippen molar-refractivity contribution in [3.8, 4) is 0 Å². The molecule has 12 nitrogen and oxygen atoms in total. The van der Waals surface area contributed by atoms with Gasteiger partial charge in [-0.05, 0) is 157 Å². The van der Waals surface area contributed by atoms with E-state index >= 15 is 0 Å². The van der Waals surface area contributed by atoms with Gasteiger partial charge in [-0.3, -0.25) is 19.0 Å². The summed E-state index contributed by atoms with van der Waals surface area (Å²) in [6.07, 6.45) is 24.3. The van der Waals surface area contributed by atoms with Gasteiger partial charge in [0.15, 0.2) is 11.4 Å². The van der Waals surface area contributed by atoms with Crippen molar-refractivity contribution in [2.75, 3.05) is 0 Å². The molecule has 4 bridgehead atoms. The van der Waals surface area contributed by atoms with Crippen LogP contribution in [-0.2, 0) is 30.4 Å². The number of carbonyl (C=O) groups is 3. The average molecular weight is 897 g/mol. The van der Waals surface area contributed by atoms with Gasteiger partial charge in [-0.25, -0.2) is 4.79 Å². The summed E-state index contributed by atoms with van der Waals surface area (Å²) in [4.78, 5) is 39.9. The number of aromatic nitrogens is 4. The predicted octanol–water partition coefficient (Wildman–Crippen LogP) is 9.86. The Morgan fingerprint density at radius 2 is 1.06 bits per heavy atom. The van der Waals surface area contributed by atoms with E-state index in [1.807, 2.05) is 20.8 Å². The standard InChI is InChI=1S/C29H46N4O3.C24H38N4O/c1-27(2,3)36-26(35)30-19-12-13-22-21(16-19)23(32-33(22)20-10-8-7-9-11-20)24(34)31-25-28(4,5)18-14-15-29(25,6)17-18;1-23(2)15-11-12-24(3,14-15)22(23)26-21(29)20-18-13-16(25)9-10-19(18)28(27-20)17-7-5-4-6-8-17/h18-20,25H,7-17H2,1-6H3,(H,30,35)(H,31,34);15-17,22H,4-14,25H2,1-3H3,(H,26,29). The monoisotopic (exact) mass is 897 g/mol. The van der Waals surface area contributed by atoms with E-state index in [1.54, 1.807) is 0 Å². The van der Waals surface area contributed by atoms with Crippen LogP contribution in [0.5, 0.6) is 0 Å². The van der Waals surface area contributed by atoms with E-state index in [2.05, 4.69) is 66.9 Å². The number of hydrogen-bond acceptors (Lipinski definition) is 7. The normalized spacial score (nSPS) is 33.7. The fourth-order valence-corrected chi connectivity index (χ4v) is 15.3. The van der Waals surface area contributed by atoms with Crippen molar-refractivity contribution in [2.24, 2.45) is 39.2 Å². The van der Waals surface area contributed by atoms with Crippen LogP contribution in [0.25, 0.3) is 0 Å². The van der Waals surface area contributed by atoms with Crippen LogP contribution in [0.4, 0.5) is 4.79 Å². The Balaban J connectivity index is 0.000000168. The van der Waals surface area contributed by atoms with Crippen LogP contribution in [0.15, 0.2) is 0 Å². The van der Waals surface area contributed by atoms with Gasteiger partial charge in [0.05, 0.1) is 12.1 Å². The first kappa shape index (κ1) is 46.7. The molecule has 0 aliphatic heterocycles. The number of fused-ring (bicyclic) bond motifs is 6. The first-order valence-corrected chi connectivity index (χ1v) is 26.2. The highest BCUT2D eigenvalue weighted by atomic mass is 16.6. The number of ether oxygens (including phenoxy) is 1. The minimum absolute atomic E-state index is 0.0365. The molecule has 5 N–H and O–H groups in total. The lowest BCUT2D eigenvalue weighted by molar-refractivity contribution is 0.0499. The largest absolute Gasteiger partial charge is 0.444 e. The van der Waals surface area contributed by atoms with E-state index in [1.165, 1.54) is 101 Å². The smallest absolute Gasteiger partial charge is 0.407 e. The van der Waals surface area contributed by atoms with Gasteiger partial charge in [0, 0.05) is 46.7 Å². The van der Waals surface area contributed by atoms with Crippen LogP contribution < -0.4 is 21.7 Å². The van der Waals surface area contributed by atoms with Crippen molar-refractivity contribution in [3.63, 3.8) is 0 Å². The Hall–Kier alpha value is -3.41. The van der Waals surface area contributed by atoms with E-state index in [0.717, 1.165) is 62.0 Å². The second kappa shape index (κ2) is 17.3. The van der Waals surface area contributed by atoms with E-state index in [4.69, 9.17) is 20.7 Å². The molecule has 8 aliphatic carbocycles. The summed E-state index contributed by atoms with van der Waals surface area (Å²) in [5.74, 6) is 1.39. The number of nitrogens with zero attached hydrogens (tertiary/aromatic N) is 4. The Kier molecular flexibility index (Phi) is 12.4. The van der Waals surface area contributed by atoms with Crippen LogP contribution in [0.2, 0.25) is 0 Å². The van der Waals surface area contributed by atoms with Crippen molar-refractivity contribution in [2.45, 2.75) is 245 Å².